The lowest BCUT2D eigenvalue weighted by Crippen LogP contribution is -2.10. The monoisotopic (exact) mass is 674 g/mol. The van der Waals surface area contributed by atoms with E-state index in [1.165, 1.54) is 104 Å². The zero-order valence-electron chi connectivity index (χ0n) is 29.1. The Balaban J connectivity index is 1.15. The van der Waals surface area contributed by atoms with Crippen molar-refractivity contribution in [1.29, 1.82) is 0 Å². The minimum atomic E-state index is 0.806. The summed E-state index contributed by atoms with van der Waals surface area (Å²) < 4.78 is 2.39. The molecule has 0 bridgehead atoms. The Morgan fingerprint density at radius 3 is 1.66 bits per heavy atom. The molecule has 0 amide bonds. The molecule has 0 radical (unpaired) electrons. The van der Waals surface area contributed by atoms with Crippen molar-refractivity contribution >= 4 is 60.1 Å². The second-order valence-corrected chi connectivity index (χ2v) is 14.1. The van der Waals surface area contributed by atoms with Crippen LogP contribution in [0.2, 0.25) is 0 Å². The standard InChI is InChI=1S/C51H34N2/c1-2-15-35(16-3-1)53-48-28-25-34(31-46(48)47-32-52-30-29-49(47)53)37-26-27-45(39-19-7-6-18-38(37)39)51-43-22-10-8-20-41(43)50(42-21-9-11-23-44(42)51)40-24-12-14-33-13-4-5-17-36(33)40/h1-31,52H,32H2. The van der Waals surface area contributed by atoms with Gasteiger partial charge in [-0.15, -0.1) is 0 Å². The topological polar surface area (TPSA) is 17.0 Å². The molecule has 0 saturated heterocycles. The third-order valence-corrected chi connectivity index (χ3v) is 11.3. The van der Waals surface area contributed by atoms with Crippen molar-refractivity contribution < 1.29 is 0 Å². The quantitative estimate of drug-likeness (QED) is 0.184. The van der Waals surface area contributed by atoms with Crippen molar-refractivity contribution in [2.45, 2.75) is 6.54 Å². The van der Waals surface area contributed by atoms with Crippen molar-refractivity contribution in [3.63, 3.8) is 0 Å². The molecular formula is C51H34N2. The summed E-state index contributed by atoms with van der Waals surface area (Å²) in [5.41, 5.74) is 12.5. The van der Waals surface area contributed by atoms with Crippen LogP contribution in [-0.2, 0) is 6.54 Å². The fourth-order valence-electron chi connectivity index (χ4n) is 8.98. The lowest BCUT2D eigenvalue weighted by atomic mass is 9.83. The van der Waals surface area contributed by atoms with Gasteiger partial charge in [0.1, 0.15) is 0 Å². The average molecular weight is 675 g/mol. The number of rotatable bonds is 4. The molecule has 0 atom stereocenters. The first-order chi connectivity index (χ1) is 26.3. The molecule has 1 aliphatic rings. The Bertz CT molecular complexity index is 3050. The summed E-state index contributed by atoms with van der Waals surface area (Å²) >= 11 is 0. The molecule has 9 aromatic carbocycles. The molecule has 0 aliphatic carbocycles. The smallest absolute Gasteiger partial charge is 0.0538 e. The van der Waals surface area contributed by atoms with Crippen LogP contribution in [-0.4, -0.2) is 4.57 Å². The first-order valence-corrected chi connectivity index (χ1v) is 18.4. The highest BCUT2D eigenvalue weighted by Gasteiger charge is 2.22. The molecular weight excluding hydrogens is 641 g/mol. The summed E-state index contributed by atoms with van der Waals surface area (Å²) in [5, 5.41) is 14.9. The average Bonchev–Trinajstić information content (AvgIpc) is 3.56. The van der Waals surface area contributed by atoms with Crippen LogP contribution in [0.4, 0.5) is 0 Å². The van der Waals surface area contributed by atoms with E-state index in [0.717, 1.165) is 6.54 Å². The van der Waals surface area contributed by atoms with Gasteiger partial charge in [-0.25, -0.2) is 0 Å². The minimum absolute atomic E-state index is 0.806. The molecule has 10 aromatic rings. The molecule has 0 spiro atoms. The predicted octanol–water partition coefficient (Wildman–Crippen LogP) is 13.3. The molecule has 11 rings (SSSR count). The molecule has 0 fully saturated rings. The zero-order chi connectivity index (χ0) is 34.9. The van der Waals surface area contributed by atoms with E-state index in [9.17, 15) is 0 Å². The number of nitrogens with zero attached hydrogens (tertiary/aromatic N) is 1. The van der Waals surface area contributed by atoms with Gasteiger partial charge in [-0.2, -0.15) is 0 Å². The van der Waals surface area contributed by atoms with E-state index in [2.05, 4.69) is 198 Å². The van der Waals surface area contributed by atoms with Gasteiger partial charge in [0.2, 0.25) is 0 Å². The lowest BCUT2D eigenvalue weighted by Gasteiger charge is -2.20. The van der Waals surface area contributed by atoms with E-state index >= 15 is 0 Å². The van der Waals surface area contributed by atoms with Crippen molar-refractivity contribution in [2.24, 2.45) is 0 Å². The van der Waals surface area contributed by atoms with E-state index in [4.69, 9.17) is 0 Å². The molecule has 2 heterocycles. The van der Waals surface area contributed by atoms with Crippen LogP contribution in [0.25, 0.3) is 99.1 Å². The second kappa shape index (κ2) is 11.8. The highest BCUT2D eigenvalue weighted by atomic mass is 15.0. The Labute approximate surface area is 307 Å². The molecule has 1 N–H and O–H groups in total. The van der Waals surface area contributed by atoms with Crippen LogP contribution in [0.15, 0.2) is 182 Å². The van der Waals surface area contributed by atoms with E-state index in [-0.39, 0.29) is 0 Å². The Kier molecular flexibility index (Phi) is 6.65. The van der Waals surface area contributed by atoms with Gasteiger partial charge < -0.3 is 9.88 Å². The van der Waals surface area contributed by atoms with Gasteiger partial charge in [0.15, 0.2) is 0 Å². The molecule has 248 valence electrons. The van der Waals surface area contributed by atoms with Gasteiger partial charge in [0.05, 0.1) is 11.2 Å². The highest BCUT2D eigenvalue weighted by Crippen LogP contribution is 2.47. The predicted molar refractivity (Wildman–Crippen MR) is 225 cm³/mol. The largest absolute Gasteiger partial charge is 0.387 e. The minimum Gasteiger partial charge on any atom is -0.387 e. The van der Waals surface area contributed by atoms with Gasteiger partial charge in [0.25, 0.3) is 0 Å². The van der Waals surface area contributed by atoms with Gasteiger partial charge in [-0.05, 0) is 113 Å². The van der Waals surface area contributed by atoms with E-state index in [1.807, 2.05) is 0 Å². The molecule has 1 aliphatic heterocycles. The van der Waals surface area contributed by atoms with Crippen molar-refractivity contribution in [3.05, 3.63) is 193 Å². The molecule has 0 unspecified atom stereocenters. The van der Waals surface area contributed by atoms with Crippen molar-refractivity contribution in [1.82, 2.24) is 9.88 Å². The fraction of sp³-hybridized carbons (Fsp3) is 0.0196. The zero-order valence-corrected chi connectivity index (χ0v) is 29.1. The number of aromatic nitrogens is 1. The maximum atomic E-state index is 3.47. The normalized spacial score (nSPS) is 12.5. The van der Waals surface area contributed by atoms with E-state index < -0.39 is 0 Å². The maximum Gasteiger partial charge on any atom is 0.0538 e. The van der Waals surface area contributed by atoms with Crippen molar-refractivity contribution in [2.75, 3.05) is 0 Å². The van der Waals surface area contributed by atoms with E-state index in [1.54, 1.807) is 0 Å². The Morgan fingerprint density at radius 1 is 0.415 bits per heavy atom. The molecule has 2 nitrogen and oxygen atoms in total. The summed E-state index contributed by atoms with van der Waals surface area (Å²) in [6.07, 6.45) is 4.27. The molecule has 0 saturated carbocycles. The number of hydrogen-bond donors (Lipinski definition) is 1. The summed E-state index contributed by atoms with van der Waals surface area (Å²) in [6, 6.07) is 64.8. The first-order valence-electron chi connectivity index (χ1n) is 18.4. The van der Waals surface area contributed by atoms with Gasteiger partial charge in [-0.1, -0.05) is 152 Å². The van der Waals surface area contributed by atoms with Crippen LogP contribution in [0.1, 0.15) is 11.3 Å². The summed E-state index contributed by atoms with van der Waals surface area (Å²) in [6.45, 7) is 0.806. The molecule has 2 heteroatoms. The number of fused-ring (bicyclic) bond motifs is 7. The summed E-state index contributed by atoms with van der Waals surface area (Å²) in [4.78, 5) is 0. The van der Waals surface area contributed by atoms with Crippen molar-refractivity contribution in [3.8, 4) is 39.1 Å². The van der Waals surface area contributed by atoms with Crippen LogP contribution in [0.5, 0.6) is 0 Å². The Morgan fingerprint density at radius 2 is 0.962 bits per heavy atom. The molecule has 1 aromatic heterocycles. The summed E-state index contributed by atoms with van der Waals surface area (Å²) in [5.74, 6) is 0. The van der Waals surface area contributed by atoms with Crippen LogP contribution in [0.3, 0.4) is 0 Å². The SMILES string of the molecule is C1=Cc2c(c3cc(-c4ccc(-c5c6ccccc6c(-c6cccc7ccccc67)c6ccccc56)c5ccccc45)ccc3n2-c2ccccc2)CN1. The molecule has 53 heavy (non-hydrogen) atoms. The Hall–Kier alpha value is -6.90. The van der Waals surface area contributed by atoms with Crippen LogP contribution < -0.4 is 5.32 Å². The first kappa shape index (κ1) is 29.8. The van der Waals surface area contributed by atoms with E-state index in [0.29, 0.717) is 0 Å². The van der Waals surface area contributed by atoms with Crippen LogP contribution >= 0.6 is 0 Å². The number of hydrogen-bond acceptors (Lipinski definition) is 1. The van der Waals surface area contributed by atoms with Gasteiger partial charge >= 0.3 is 0 Å². The third kappa shape index (κ3) is 4.52. The second-order valence-electron chi connectivity index (χ2n) is 14.1. The fourth-order valence-corrected chi connectivity index (χ4v) is 8.98. The van der Waals surface area contributed by atoms with Gasteiger partial charge in [0, 0.05) is 23.2 Å². The number of nitrogens with one attached hydrogen (secondary N) is 1. The van der Waals surface area contributed by atoms with Crippen LogP contribution in [0, 0.1) is 0 Å². The number of benzene rings is 9. The number of para-hydroxylation sites is 1. The lowest BCUT2D eigenvalue weighted by molar-refractivity contribution is 0.855. The third-order valence-electron chi connectivity index (χ3n) is 11.3. The summed E-state index contributed by atoms with van der Waals surface area (Å²) in [7, 11) is 0. The maximum absolute atomic E-state index is 3.47. The highest BCUT2D eigenvalue weighted by molar-refractivity contribution is 6.25. The van der Waals surface area contributed by atoms with Gasteiger partial charge in [-0.3, -0.25) is 0 Å².